The third-order valence-corrected chi connectivity index (χ3v) is 5.11. The summed E-state index contributed by atoms with van der Waals surface area (Å²) in [6.45, 7) is 3.45. The van der Waals surface area contributed by atoms with E-state index in [1.807, 2.05) is 48.3 Å². The van der Waals surface area contributed by atoms with Gasteiger partial charge in [0.25, 0.3) is 0 Å². The summed E-state index contributed by atoms with van der Waals surface area (Å²) in [6.07, 6.45) is 1.84. The summed E-state index contributed by atoms with van der Waals surface area (Å²) in [5.41, 5.74) is 2.16. The molecule has 4 nitrogen and oxygen atoms in total. The van der Waals surface area contributed by atoms with Crippen molar-refractivity contribution in [3.63, 3.8) is 0 Å². The standard InChI is InChI=1S/C21H26N2O2/c1-22(15-17-7-3-2-4-8-17)21(25)18-11-13-23(14-12-18)16-19-9-5-6-10-20(19)24/h2-10,18,24H,11-16H2,1H3/p+1. The van der Waals surface area contributed by atoms with E-state index in [1.165, 1.54) is 10.5 Å². The second-order valence-corrected chi connectivity index (χ2v) is 7.01. The Labute approximate surface area is 149 Å². The van der Waals surface area contributed by atoms with Crippen molar-refractivity contribution in [3.05, 3.63) is 65.7 Å². The van der Waals surface area contributed by atoms with Crippen molar-refractivity contribution < 1.29 is 14.8 Å². The molecule has 0 saturated carbocycles. The molecule has 0 aromatic heterocycles. The van der Waals surface area contributed by atoms with Crippen molar-refractivity contribution in [2.75, 3.05) is 20.1 Å². The first-order chi connectivity index (χ1) is 12.1. The van der Waals surface area contributed by atoms with Crippen LogP contribution in [0.4, 0.5) is 0 Å². The third kappa shape index (κ3) is 4.60. The second kappa shape index (κ2) is 8.17. The van der Waals surface area contributed by atoms with Crippen LogP contribution >= 0.6 is 0 Å². The normalized spacial score (nSPS) is 20.2. The van der Waals surface area contributed by atoms with Gasteiger partial charge in [-0.1, -0.05) is 42.5 Å². The molecule has 0 radical (unpaired) electrons. The number of phenols is 1. The van der Waals surface area contributed by atoms with E-state index in [0.29, 0.717) is 12.3 Å². The average molecular weight is 339 g/mol. The van der Waals surface area contributed by atoms with Crippen LogP contribution in [0.3, 0.4) is 0 Å². The molecule has 25 heavy (non-hydrogen) atoms. The van der Waals surface area contributed by atoms with E-state index in [0.717, 1.165) is 38.0 Å². The first-order valence-electron chi connectivity index (χ1n) is 9.03. The Hall–Kier alpha value is -2.33. The summed E-state index contributed by atoms with van der Waals surface area (Å²) in [4.78, 5) is 16.0. The van der Waals surface area contributed by atoms with Gasteiger partial charge in [0.2, 0.25) is 5.91 Å². The fraction of sp³-hybridized carbons (Fsp3) is 0.381. The Balaban J connectivity index is 1.50. The predicted molar refractivity (Wildman–Crippen MR) is 98.1 cm³/mol. The number of phenolic OH excluding ortho intramolecular Hbond substituents is 1. The number of aromatic hydroxyl groups is 1. The zero-order valence-electron chi connectivity index (χ0n) is 14.8. The van der Waals surface area contributed by atoms with Crippen molar-refractivity contribution in [2.24, 2.45) is 5.92 Å². The maximum atomic E-state index is 12.7. The van der Waals surface area contributed by atoms with E-state index in [1.54, 1.807) is 6.07 Å². The van der Waals surface area contributed by atoms with Crippen LogP contribution in [0.25, 0.3) is 0 Å². The largest absolute Gasteiger partial charge is 0.507 e. The van der Waals surface area contributed by atoms with E-state index >= 15 is 0 Å². The fourth-order valence-corrected chi connectivity index (χ4v) is 3.63. The van der Waals surface area contributed by atoms with Gasteiger partial charge in [0.05, 0.1) is 13.1 Å². The minimum Gasteiger partial charge on any atom is -0.507 e. The summed E-state index contributed by atoms with van der Waals surface area (Å²) < 4.78 is 0. The van der Waals surface area contributed by atoms with E-state index in [9.17, 15) is 9.90 Å². The van der Waals surface area contributed by atoms with Gasteiger partial charge in [-0.3, -0.25) is 4.79 Å². The van der Waals surface area contributed by atoms with Gasteiger partial charge in [-0.2, -0.15) is 0 Å². The SMILES string of the molecule is CN(Cc1ccccc1)C(=O)C1CC[NH+](Cc2ccccc2O)CC1. The van der Waals surface area contributed by atoms with Crippen LogP contribution in [-0.4, -0.2) is 36.1 Å². The molecule has 1 fully saturated rings. The van der Waals surface area contributed by atoms with Gasteiger partial charge in [0.1, 0.15) is 12.3 Å². The van der Waals surface area contributed by atoms with Crippen molar-refractivity contribution in [3.8, 4) is 5.75 Å². The van der Waals surface area contributed by atoms with Crippen LogP contribution in [0.2, 0.25) is 0 Å². The lowest BCUT2D eigenvalue weighted by atomic mass is 9.95. The molecule has 2 N–H and O–H groups in total. The van der Waals surface area contributed by atoms with Gasteiger partial charge in [0.15, 0.2) is 0 Å². The molecule has 0 aliphatic carbocycles. The van der Waals surface area contributed by atoms with Gasteiger partial charge in [-0.25, -0.2) is 0 Å². The zero-order valence-corrected chi connectivity index (χ0v) is 14.8. The molecule has 132 valence electrons. The summed E-state index contributed by atoms with van der Waals surface area (Å²) in [6, 6.07) is 17.7. The molecular weight excluding hydrogens is 312 g/mol. The molecular formula is C21H27N2O2+. The lowest BCUT2D eigenvalue weighted by Gasteiger charge is -2.31. The number of likely N-dealkylation sites (tertiary alicyclic amines) is 1. The second-order valence-electron chi connectivity index (χ2n) is 7.01. The van der Waals surface area contributed by atoms with Gasteiger partial charge in [-0.05, 0) is 17.7 Å². The minimum absolute atomic E-state index is 0.127. The summed E-state index contributed by atoms with van der Waals surface area (Å²) in [5.74, 6) is 0.753. The number of nitrogens with one attached hydrogen (secondary N) is 1. The van der Waals surface area contributed by atoms with Crippen LogP contribution in [0.1, 0.15) is 24.0 Å². The average Bonchev–Trinajstić information content (AvgIpc) is 2.64. The molecule has 4 heteroatoms. The third-order valence-electron chi connectivity index (χ3n) is 5.11. The molecule has 0 bridgehead atoms. The number of carbonyl (C=O) groups excluding carboxylic acids is 1. The molecule has 1 amide bonds. The maximum Gasteiger partial charge on any atom is 0.226 e. The van der Waals surface area contributed by atoms with Gasteiger partial charge >= 0.3 is 0 Å². The van der Waals surface area contributed by atoms with E-state index in [4.69, 9.17) is 0 Å². The first kappa shape index (κ1) is 17.5. The smallest absolute Gasteiger partial charge is 0.226 e. The quantitative estimate of drug-likeness (QED) is 0.873. The highest BCUT2D eigenvalue weighted by Gasteiger charge is 2.29. The topological polar surface area (TPSA) is 45.0 Å². The van der Waals surface area contributed by atoms with Crippen molar-refractivity contribution >= 4 is 5.91 Å². The first-order valence-corrected chi connectivity index (χ1v) is 9.03. The number of carbonyl (C=O) groups is 1. The Morgan fingerprint density at radius 2 is 1.72 bits per heavy atom. The predicted octanol–water partition coefficient (Wildman–Crippen LogP) is 1.85. The summed E-state index contributed by atoms with van der Waals surface area (Å²) in [5, 5.41) is 9.92. The molecule has 0 spiro atoms. The number of benzene rings is 2. The number of hydrogen-bond donors (Lipinski definition) is 2. The number of para-hydroxylation sites is 1. The highest BCUT2D eigenvalue weighted by Crippen LogP contribution is 2.17. The minimum atomic E-state index is 0.127. The van der Waals surface area contributed by atoms with Crippen LogP contribution in [0.15, 0.2) is 54.6 Å². The van der Waals surface area contributed by atoms with E-state index in [2.05, 4.69) is 12.1 Å². The molecule has 1 heterocycles. The molecule has 2 aromatic rings. The molecule has 1 aliphatic heterocycles. The van der Waals surface area contributed by atoms with Crippen LogP contribution in [0, 0.1) is 5.92 Å². The molecule has 0 atom stereocenters. The number of amides is 1. The number of hydrogen-bond acceptors (Lipinski definition) is 2. The van der Waals surface area contributed by atoms with E-state index < -0.39 is 0 Å². The van der Waals surface area contributed by atoms with Crippen molar-refractivity contribution in [1.29, 1.82) is 0 Å². The lowest BCUT2D eigenvalue weighted by Crippen LogP contribution is -3.11. The maximum absolute atomic E-state index is 12.7. The Kier molecular flexibility index (Phi) is 5.71. The summed E-state index contributed by atoms with van der Waals surface area (Å²) >= 11 is 0. The molecule has 1 aliphatic rings. The van der Waals surface area contributed by atoms with Crippen LogP contribution in [-0.2, 0) is 17.9 Å². The number of nitrogens with zero attached hydrogens (tertiary/aromatic N) is 1. The Morgan fingerprint density at radius 3 is 2.40 bits per heavy atom. The van der Waals surface area contributed by atoms with Gasteiger partial charge in [-0.15, -0.1) is 0 Å². The molecule has 1 saturated heterocycles. The Morgan fingerprint density at radius 1 is 1.08 bits per heavy atom. The Bertz CT molecular complexity index is 694. The zero-order chi connectivity index (χ0) is 17.6. The monoisotopic (exact) mass is 339 g/mol. The molecule has 2 aromatic carbocycles. The van der Waals surface area contributed by atoms with Crippen molar-refractivity contribution in [1.82, 2.24) is 4.90 Å². The number of rotatable bonds is 5. The van der Waals surface area contributed by atoms with Gasteiger partial charge in [0, 0.05) is 37.9 Å². The summed E-state index contributed by atoms with van der Waals surface area (Å²) in [7, 11) is 1.90. The molecule has 0 unspecified atom stereocenters. The fourth-order valence-electron chi connectivity index (χ4n) is 3.63. The van der Waals surface area contributed by atoms with Crippen LogP contribution < -0.4 is 4.90 Å². The van der Waals surface area contributed by atoms with Crippen LogP contribution in [0.5, 0.6) is 5.75 Å². The molecule has 3 rings (SSSR count). The van der Waals surface area contributed by atoms with Gasteiger partial charge < -0.3 is 14.9 Å². The highest BCUT2D eigenvalue weighted by atomic mass is 16.3. The number of piperidine rings is 1. The van der Waals surface area contributed by atoms with E-state index in [-0.39, 0.29) is 11.8 Å². The highest BCUT2D eigenvalue weighted by molar-refractivity contribution is 5.78. The van der Waals surface area contributed by atoms with Crippen molar-refractivity contribution in [2.45, 2.75) is 25.9 Å². The number of quaternary nitrogens is 1. The lowest BCUT2D eigenvalue weighted by molar-refractivity contribution is -0.919.